The van der Waals surface area contributed by atoms with E-state index in [1.54, 1.807) is 18.2 Å². The van der Waals surface area contributed by atoms with E-state index < -0.39 is 11.9 Å². The quantitative estimate of drug-likeness (QED) is 0.856. The maximum atomic E-state index is 11.8. The van der Waals surface area contributed by atoms with Gasteiger partial charge in [-0.15, -0.1) is 0 Å². The fourth-order valence-corrected chi connectivity index (χ4v) is 2.02. The molecule has 0 spiro atoms. The van der Waals surface area contributed by atoms with Gasteiger partial charge in [-0.1, -0.05) is 18.2 Å². The summed E-state index contributed by atoms with van der Waals surface area (Å²) in [5.74, 6) is -0.779. The number of esters is 2. The number of carbonyl (C=O) groups excluding carboxylic acids is 2. The fourth-order valence-electron chi connectivity index (χ4n) is 1.96. The van der Waals surface area contributed by atoms with Gasteiger partial charge in [0.15, 0.2) is 11.4 Å². The van der Waals surface area contributed by atoms with Gasteiger partial charge in [-0.25, -0.2) is 9.59 Å². The van der Waals surface area contributed by atoms with Crippen molar-refractivity contribution in [3.05, 3.63) is 41.1 Å². The zero-order valence-electron chi connectivity index (χ0n) is 12.1. The lowest BCUT2D eigenvalue weighted by Gasteiger charge is -2.06. The molecule has 2 aromatic rings. The highest BCUT2D eigenvalue weighted by atomic mass is 35.5. The molecule has 2 rings (SSSR count). The Kier molecular flexibility index (Phi) is 4.72. The van der Waals surface area contributed by atoms with Crippen LogP contribution in [0.25, 0.3) is 10.9 Å². The zero-order valence-corrected chi connectivity index (χ0v) is 12.8. The summed E-state index contributed by atoms with van der Waals surface area (Å²) in [4.78, 5) is 26.3. The van der Waals surface area contributed by atoms with Crippen molar-refractivity contribution in [3.8, 4) is 5.75 Å². The Morgan fingerprint density at radius 1 is 1.23 bits per heavy atom. The second-order valence-electron chi connectivity index (χ2n) is 4.38. The van der Waals surface area contributed by atoms with Gasteiger partial charge in [0.1, 0.15) is 6.61 Å². The van der Waals surface area contributed by atoms with Crippen LogP contribution in [-0.4, -0.2) is 37.7 Å². The summed E-state index contributed by atoms with van der Waals surface area (Å²) in [6, 6.07) is 4.79. The SMILES string of the molecule is C=C(Cl)COc1c(C(=O)OC)[nH]c2cc(C(=O)OC)ccc12. The fraction of sp³-hybridized carbons (Fsp3) is 0.200. The van der Waals surface area contributed by atoms with Crippen LogP contribution in [0.2, 0.25) is 0 Å². The molecule has 0 saturated carbocycles. The molecule has 0 aliphatic carbocycles. The zero-order chi connectivity index (χ0) is 16.3. The van der Waals surface area contributed by atoms with Crippen LogP contribution in [0.1, 0.15) is 20.8 Å². The van der Waals surface area contributed by atoms with Crippen molar-refractivity contribution in [3.63, 3.8) is 0 Å². The molecule has 1 heterocycles. The molecule has 0 radical (unpaired) electrons. The summed E-state index contributed by atoms with van der Waals surface area (Å²) in [7, 11) is 2.56. The number of ether oxygens (including phenoxy) is 3. The van der Waals surface area contributed by atoms with E-state index >= 15 is 0 Å². The van der Waals surface area contributed by atoms with E-state index in [0.29, 0.717) is 22.2 Å². The summed E-state index contributed by atoms with van der Waals surface area (Å²) in [5, 5.41) is 0.905. The van der Waals surface area contributed by atoms with E-state index in [4.69, 9.17) is 21.1 Å². The average Bonchev–Trinajstić information content (AvgIpc) is 2.88. The van der Waals surface area contributed by atoms with Crippen molar-refractivity contribution in [2.45, 2.75) is 0 Å². The van der Waals surface area contributed by atoms with Crippen LogP contribution in [-0.2, 0) is 9.47 Å². The summed E-state index contributed by atoms with van der Waals surface area (Å²) < 4.78 is 14.9. The van der Waals surface area contributed by atoms with Gasteiger partial charge in [0, 0.05) is 10.4 Å². The van der Waals surface area contributed by atoms with Gasteiger partial charge in [-0.05, 0) is 18.2 Å². The number of fused-ring (bicyclic) bond motifs is 1. The van der Waals surface area contributed by atoms with Crippen LogP contribution in [0.4, 0.5) is 0 Å². The molecule has 1 aromatic carbocycles. The van der Waals surface area contributed by atoms with Crippen molar-refractivity contribution in [2.24, 2.45) is 0 Å². The highest BCUT2D eigenvalue weighted by Gasteiger charge is 2.21. The number of methoxy groups -OCH3 is 2. The molecule has 22 heavy (non-hydrogen) atoms. The monoisotopic (exact) mass is 323 g/mol. The van der Waals surface area contributed by atoms with Crippen LogP contribution in [0, 0.1) is 0 Å². The van der Waals surface area contributed by atoms with Gasteiger partial charge in [0.25, 0.3) is 0 Å². The highest BCUT2D eigenvalue weighted by Crippen LogP contribution is 2.32. The number of hydrogen-bond acceptors (Lipinski definition) is 5. The largest absolute Gasteiger partial charge is 0.485 e. The molecule has 0 fully saturated rings. The van der Waals surface area contributed by atoms with Crippen LogP contribution in [0.15, 0.2) is 29.8 Å². The van der Waals surface area contributed by atoms with Crippen molar-refractivity contribution in [2.75, 3.05) is 20.8 Å². The maximum Gasteiger partial charge on any atom is 0.358 e. The van der Waals surface area contributed by atoms with Gasteiger partial charge in [0.2, 0.25) is 0 Å². The number of H-pyrrole nitrogens is 1. The number of halogens is 1. The molecule has 1 N–H and O–H groups in total. The van der Waals surface area contributed by atoms with E-state index in [0.717, 1.165) is 0 Å². The first-order valence-electron chi connectivity index (χ1n) is 6.26. The molecule has 0 amide bonds. The smallest absolute Gasteiger partial charge is 0.358 e. The van der Waals surface area contributed by atoms with E-state index in [1.807, 2.05) is 0 Å². The summed E-state index contributed by atoms with van der Waals surface area (Å²) in [5.41, 5.74) is 1.02. The Morgan fingerprint density at radius 2 is 1.91 bits per heavy atom. The Hall–Kier alpha value is -2.47. The lowest BCUT2D eigenvalue weighted by Crippen LogP contribution is -2.06. The molecular formula is C15H14ClNO5. The molecule has 6 nitrogen and oxygen atoms in total. The minimum absolute atomic E-state index is 0.0389. The van der Waals surface area contributed by atoms with Crippen LogP contribution >= 0.6 is 11.6 Å². The molecule has 0 aliphatic rings. The number of hydrogen-bond donors (Lipinski definition) is 1. The molecule has 7 heteroatoms. The Morgan fingerprint density at radius 3 is 2.50 bits per heavy atom. The molecule has 0 atom stereocenters. The van der Waals surface area contributed by atoms with Crippen LogP contribution in [0.5, 0.6) is 5.75 Å². The van der Waals surface area contributed by atoms with Crippen molar-refractivity contribution in [1.29, 1.82) is 0 Å². The topological polar surface area (TPSA) is 77.6 Å². The summed E-state index contributed by atoms with van der Waals surface area (Å²) >= 11 is 5.69. The van der Waals surface area contributed by atoms with Gasteiger partial charge in [-0.2, -0.15) is 0 Å². The number of rotatable bonds is 5. The van der Waals surface area contributed by atoms with Crippen molar-refractivity contribution < 1.29 is 23.8 Å². The number of aromatic nitrogens is 1. The number of benzene rings is 1. The Bertz CT molecular complexity index is 750. The maximum absolute atomic E-state index is 11.8. The predicted molar refractivity (Wildman–Crippen MR) is 81.5 cm³/mol. The minimum atomic E-state index is -0.592. The number of nitrogens with one attached hydrogen (secondary N) is 1. The molecular weight excluding hydrogens is 310 g/mol. The lowest BCUT2D eigenvalue weighted by atomic mass is 10.1. The lowest BCUT2D eigenvalue weighted by molar-refractivity contribution is 0.0586. The van der Waals surface area contributed by atoms with Gasteiger partial charge < -0.3 is 19.2 Å². The molecule has 0 bridgehead atoms. The number of aromatic amines is 1. The van der Waals surface area contributed by atoms with E-state index in [-0.39, 0.29) is 17.3 Å². The van der Waals surface area contributed by atoms with Crippen molar-refractivity contribution in [1.82, 2.24) is 4.98 Å². The van der Waals surface area contributed by atoms with E-state index in [9.17, 15) is 9.59 Å². The van der Waals surface area contributed by atoms with Crippen LogP contribution in [0.3, 0.4) is 0 Å². The van der Waals surface area contributed by atoms with Gasteiger partial charge in [-0.3, -0.25) is 0 Å². The first kappa shape index (κ1) is 15.9. The third kappa shape index (κ3) is 3.07. The van der Waals surface area contributed by atoms with E-state index in [1.165, 1.54) is 14.2 Å². The molecule has 0 saturated heterocycles. The Balaban J connectivity index is 2.55. The van der Waals surface area contributed by atoms with E-state index in [2.05, 4.69) is 16.3 Å². The second-order valence-corrected chi connectivity index (χ2v) is 4.91. The molecule has 116 valence electrons. The predicted octanol–water partition coefficient (Wildman–Crippen LogP) is 2.87. The second kappa shape index (κ2) is 6.53. The molecule has 0 unspecified atom stereocenters. The summed E-state index contributed by atoms with van der Waals surface area (Å²) in [6.07, 6.45) is 0. The third-order valence-corrected chi connectivity index (χ3v) is 3.04. The normalized spacial score (nSPS) is 10.3. The van der Waals surface area contributed by atoms with Gasteiger partial charge >= 0.3 is 11.9 Å². The molecule has 0 aliphatic heterocycles. The van der Waals surface area contributed by atoms with Gasteiger partial charge in [0.05, 0.1) is 25.3 Å². The molecule has 1 aromatic heterocycles. The summed E-state index contributed by atoms with van der Waals surface area (Å²) in [6.45, 7) is 3.57. The minimum Gasteiger partial charge on any atom is -0.485 e. The highest BCUT2D eigenvalue weighted by molar-refractivity contribution is 6.29. The first-order valence-corrected chi connectivity index (χ1v) is 6.64. The third-order valence-electron chi connectivity index (χ3n) is 2.93. The standard InChI is InChI=1S/C15H14ClNO5/c1-8(16)7-22-13-10-5-4-9(14(18)20-2)6-11(10)17-12(13)15(19)21-3/h4-6,17H,1,7H2,2-3H3. The number of carbonyl (C=O) groups is 2. The first-order chi connectivity index (χ1) is 10.5. The van der Waals surface area contributed by atoms with Crippen molar-refractivity contribution >= 4 is 34.4 Å². The average molecular weight is 324 g/mol. The van der Waals surface area contributed by atoms with Crippen LogP contribution < -0.4 is 4.74 Å². The Labute approximate surface area is 131 Å².